The van der Waals surface area contributed by atoms with Gasteiger partial charge in [0.05, 0.1) is 11.9 Å². The number of nitrogens with one attached hydrogen (secondary N) is 1. The third-order valence-electron chi connectivity index (χ3n) is 4.35. The largest absolute Gasteiger partial charge is 0.322 e. The number of nitrogens with zero attached hydrogens (tertiary/aromatic N) is 1. The van der Waals surface area contributed by atoms with Crippen molar-refractivity contribution in [2.24, 2.45) is 0 Å². The van der Waals surface area contributed by atoms with E-state index < -0.39 is 10.0 Å². The summed E-state index contributed by atoms with van der Waals surface area (Å²) in [6.07, 6.45) is 1.13. The molecule has 3 rings (SSSR count). The van der Waals surface area contributed by atoms with E-state index in [1.54, 1.807) is 36.0 Å². The molecule has 29 heavy (non-hydrogen) atoms. The monoisotopic (exact) mass is 426 g/mol. The van der Waals surface area contributed by atoms with E-state index in [4.69, 9.17) is 0 Å². The van der Waals surface area contributed by atoms with Crippen molar-refractivity contribution >= 4 is 39.1 Å². The van der Waals surface area contributed by atoms with Gasteiger partial charge in [-0.2, -0.15) is 0 Å². The molecule has 0 atom stereocenters. The molecule has 0 saturated carbocycles. The maximum atomic E-state index is 12.4. The molecular formula is C22H22N2O3S2. The molecule has 150 valence electrons. The average molecular weight is 427 g/mol. The Hall–Kier alpha value is -2.77. The van der Waals surface area contributed by atoms with Crippen molar-refractivity contribution in [1.29, 1.82) is 0 Å². The van der Waals surface area contributed by atoms with Crippen molar-refractivity contribution in [2.75, 3.05) is 22.9 Å². The second-order valence-electron chi connectivity index (χ2n) is 6.53. The molecule has 0 bridgehead atoms. The summed E-state index contributed by atoms with van der Waals surface area (Å²) < 4.78 is 24.4. The minimum absolute atomic E-state index is 0.245. The summed E-state index contributed by atoms with van der Waals surface area (Å²) in [6.45, 7) is 0. The van der Waals surface area contributed by atoms with Crippen LogP contribution in [0.5, 0.6) is 0 Å². The zero-order chi connectivity index (χ0) is 20.9. The van der Waals surface area contributed by atoms with Crippen LogP contribution in [0.3, 0.4) is 0 Å². The highest BCUT2D eigenvalue weighted by Gasteiger charge is 2.13. The van der Waals surface area contributed by atoms with Crippen LogP contribution in [0.15, 0.2) is 83.8 Å². The highest BCUT2D eigenvalue weighted by Crippen LogP contribution is 2.23. The third kappa shape index (κ3) is 5.85. The Bertz CT molecular complexity index is 1070. The first-order valence-corrected chi connectivity index (χ1v) is 11.8. The molecule has 0 aliphatic heterocycles. The van der Waals surface area contributed by atoms with E-state index in [1.165, 1.54) is 21.8 Å². The number of rotatable bonds is 7. The van der Waals surface area contributed by atoms with Gasteiger partial charge in [0.15, 0.2) is 0 Å². The lowest BCUT2D eigenvalue weighted by atomic mass is 10.1. The maximum absolute atomic E-state index is 12.4. The molecule has 0 unspecified atom stereocenters. The molecule has 3 aromatic rings. The maximum Gasteiger partial charge on any atom is 0.255 e. The van der Waals surface area contributed by atoms with Crippen LogP contribution in [0.2, 0.25) is 0 Å². The van der Waals surface area contributed by atoms with Gasteiger partial charge in [0, 0.05) is 28.9 Å². The summed E-state index contributed by atoms with van der Waals surface area (Å²) in [5, 5.41) is 2.86. The first kappa shape index (κ1) is 21.0. The Labute approximate surface area is 175 Å². The molecule has 0 aliphatic carbocycles. The lowest BCUT2D eigenvalue weighted by Crippen LogP contribution is -2.24. The number of carbonyl (C=O) groups is 1. The second-order valence-corrected chi connectivity index (χ2v) is 9.59. The number of anilines is 2. The summed E-state index contributed by atoms with van der Waals surface area (Å²) in [5.74, 6) is 0.609. The summed E-state index contributed by atoms with van der Waals surface area (Å²) in [5.41, 5.74) is 2.84. The van der Waals surface area contributed by atoms with E-state index in [-0.39, 0.29) is 5.91 Å². The molecule has 1 amide bonds. The molecule has 3 aromatic carbocycles. The van der Waals surface area contributed by atoms with E-state index >= 15 is 0 Å². The van der Waals surface area contributed by atoms with Gasteiger partial charge in [0.25, 0.3) is 5.91 Å². The molecule has 0 fully saturated rings. The number of sulfonamides is 1. The van der Waals surface area contributed by atoms with E-state index in [9.17, 15) is 13.2 Å². The molecule has 0 aromatic heterocycles. The van der Waals surface area contributed by atoms with Gasteiger partial charge in [-0.25, -0.2) is 8.42 Å². The zero-order valence-corrected chi connectivity index (χ0v) is 17.8. The van der Waals surface area contributed by atoms with Crippen molar-refractivity contribution in [3.8, 4) is 0 Å². The molecule has 0 spiro atoms. The average Bonchev–Trinajstić information content (AvgIpc) is 2.73. The lowest BCUT2D eigenvalue weighted by Gasteiger charge is -2.16. The predicted molar refractivity (Wildman–Crippen MR) is 120 cm³/mol. The Kier molecular flexibility index (Phi) is 6.61. The molecule has 0 heterocycles. The Morgan fingerprint density at radius 2 is 1.55 bits per heavy atom. The number of benzene rings is 3. The molecule has 5 nitrogen and oxygen atoms in total. The van der Waals surface area contributed by atoms with E-state index in [1.807, 2.05) is 42.5 Å². The van der Waals surface area contributed by atoms with Gasteiger partial charge in [0.2, 0.25) is 10.0 Å². The highest BCUT2D eigenvalue weighted by molar-refractivity contribution is 7.98. The molecule has 0 saturated heterocycles. The Morgan fingerprint density at radius 1 is 0.931 bits per heavy atom. The quantitative estimate of drug-likeness (QED) is 0.560. The first-order chi connectivity index (χ1) is 13.8. The van der Waals surface area contributed by atoms with Crippen LogP contribution in [0, 0.1) is 0 Å². The fourth-order valence-electron chi connectivity index (χ4n) is 2.59. The minimum atomic E-state index is -3.33. The molecule has 0 radical (unpaired) electrons. The smallest absolute Gasteiger partial charge is 0.255 e. The van der Waals surface area contributed by atoms with Crippen LogP contribution in [0.4, 0.5) is 11.4 Å². The first-order valence-electron chi connectivity index (χ1n) is 8.95. The second kappa shape index (κ2) is 9.15. The van der Waals surface area contributed by atoms with Crippen LogP contribution in [-0.4, -0.2) is 27.6 Å². The summed E-state index contributed by atoms with van der Waals surface area (Å²) in [4.78, 5) is 13.7. The zero-order valence-electron chi connectivity index (χ0n) is 16.2. The van der Waals surface area contributed by atoms with Crippen molar-refractivity contribution in [1.82, 2.24) is 0 Å². The van der Waals surface area contributed by atoms with Crippen LogP contribution in [0.1, 0.15) is 15.9 Å². The third-order valence-corrected chi connectivity index (χ3v) is 6.64. The number of hydrogen-bond acceptors (Lipinski definition) is 4. The van der Waals surface area contributed by atoms with Gasteiger partial charge in [-0.3, -0.25) is 9.10 Å². The van der Waals surface area contributed by atoms with Crippen LogP contribution in [-0.2, 0) is 15.8 Å². The summed E-state index contributed by atoms with van der Waals surface area (Å²) in [7, 11) is -1.86. The summed E-state index contributed by atoms with van der Waals surface area (Å²) in [6, 6.07) is 24.4. The van der Waals surface area contributed by atoms with Gasteiger partial charge in [-0.15, -0.1) is 11.8 Å². The van der Waals surface area contributed by atoms with Crippen molar-refractivity contribution in [3.63, 3.8) is 0 Å². The van der Waals surface area contributed by atoms with Gasteiger partial charge < -0.3 is 5.32 Å². The van der Waals surface area contributed by atoms with Gasteiger partial charge in [-0.05, 0) is 54.1 Å². The number of hydrogen-bond donors (Lipinski definition) is 1. The number of carbonyl (C=O) groups excluding carboxylic acids is 1. The Morgan fingerprint density at radius 3 is 2.14 bits per heavy atom. The van der Waals surface area contributed by atoms with Gasteiger partial charge in [0.1, 0.15) is 0 Å². The van der Waals surface area contributed by atoms with Crippen molar-refractivity contribution < 1.29 is 13.2 Å². The predicted octanol–water partition coefficient (Wildman–Crippen LogP) is 4.63. The van der Waals surface area contributed by atoms with E-state index in [0.717, 1.165) is 12.0 Å². The van der Waals surface area contributed by atoms with Crippen LogP contribution < -0.4 is 9.62 Å². The van der Waals surface area contributed by atoms with Crippen molar-refractivity contribution in [3.05, 3.63) is 90.0 Å². The van der Waals surface area contributed by atoms with Gasteiger partial charge >= 0.3 is 0 Å². The SMILES string of the molecule is CN(c1ccc(C(=O)Nc2ccc(CSc3ccccc3)cc2)cc1)S(C)(=O)=O. The van der Waals surface area contributed by atoms with Crippen molar-refractivity contribution in [2.45, 2.75) is 10.6 Å². The number of thioether (sulfide) groups is 1. The minimum Gasteiger partial charge on any atom is -0.322 e. The lowest BCUT2D eigenvalue weighted by molar-refractivity contribution is 0.102. The normalized spacial score (nSPS) is 11.1. The Balaban J connectivity index is 1.59. The number of amides is 1. The van der Waals surface area contributed by atoms with Gasteiger partial charge in [-0.1, -0.05) is 30.3 Å². The summed E-state index contributed by atoms with van der Waals surface area (Å²) >= 11 is 1.76. The molecule has 1 N–H and O–H groups in total. The molecular weight excluding hydrogens is 404 g/mol. The standard InChI is InChI=1S/C22H22N2O3S2/c1-24(29(2,26)27)20-14-10-18(11-15-20)22(25)23-19-12-8-17(9-13-19)16-28-21-6-4-3-5-7-21/h3-15H,16H2,1-2H3,(H,23,25). The topological polar surface area (TPSA) is 66.5 Å². The highest BCUT2D eigenvalue weighted by atomic mass is 32.2. The van der Waals surface area contributed by atoms with E-state index in [0.29, 0.717) is 16.9 Å². The fourth-order valence-corrected chi connectivity index (χ4v) is 3.97. The fraction of sp³-hybridized carbons (Fsp3) is 0.136. The van der Waals surface area contributed by atoms with Crippen LogP contribution >= 0.6 is 11.8 Å². The molecule has 0 aliphatic rings. The van der Waals surface area contributed by atoms with Crippen LogP contribution in [0.25, 0.3) is 0 Å². The molecule has 7 heteroatoms. The van der Waals surface area contributed by atoms with E-state index in [2.05, 4.69) is 17.4 Å².